The molecule has 2 N–H and O–H groups in total. The lowest BCUT2D eigenvalue weighted by Crippen LogP contribution is -2.04. The number of anilines is 1. The quantitative estimate of drug-likeness (QED) is 0.827. The molecule has 0 bridgehead atoms. The van der Waals surface area contributed by atoms with Gasteiger partial charge >= 0.3 is 6.18 Å². The molecule has 0 saturated heterocycles. The summed E-state index contributed by atoms with van der Waals surface area (Å²) in [4.78, 5) is 3.98. The third-order valence-corrected chi connectivity index (χ3v) is 2.27. The molecule has 0 fully saturated rings. The van der Waals surface area contributed by atoms with Gasteiger partial charge in [-0.25, -0.2) is 0 Å². The molecule has 1 heterocycles. The minimum absolute atomic E-state index is 0.417. The Labute approximate surface area is 95.9 Å². The number of benzene rings is 1. The molecule has 5 heteroatoms. The van der Waals surface area contributed by atoms with Crippen LogP contribution in [0.25, 0.3) is 11.3 Å². The molecule has 0 amide bonds. The van der Waals surface area contributed by atoms with Crippen molar-refractivity contribution in [2.24, 2.45) is 0 Å². The van der Waals surface area contributed by atoms with Crippen LogP contribution < -0.4 is 5.73 Å². The smallest absolute Gasteiger partial charge is 0.397 e. The van der Waals surface area contributed by atoms with E-state index in [4.69, 9.17) is 5.73 Å². The van der Waals surface area contributed by atoms with Crippen molar-refractivity contribution >= 4 is 5.69 Å². The largest absolute Gasteiger partial charge is 0.416 e. The number of pyridine rings is 1. The predicted molar refractivity (Wildman–Crippen MR) is 59.1 cm³/mol. The lowest BCUT2D eigenvalue weighted by Gasteiger charge is -2.08. The van der Waals surface area contributed by atoms with Crippen molar-refractivity contribution in [1.82, 2.24) is 4.98 Å². The van der Waals surface area contributed by atoms with E-state index in [1.54, 1.807) is 18.2 Å². The second kappa shape index (κ2) is 4.08. The highest BCUT2D eigenvalue weighted by Gasteiger charge is 2.30. The fourth-order valence-electron chi connectivity index (χ4n) is 1.43. The average molecular weight is 238 g/mol. The first-order chi connectivity index (χ1) is 7.97. The molecule has 1 aromatic heterocycles. The third-order valence-electron chi connectivity index (χ3n) is 2.27. The van der Waals surface area contributed by atoms with Crippen LogP contribution in [0.1, 0.15) is 5.56 Å². The van der Waals surface area contributed by atoms with E-state index >= 15 is 0 Å². The number of alkyl halides is 3. The summed E-state index contributed by atoms with van der Waals surface area (Å²) in [5.41, 5.74) is 6.13. The zero-order valence-electron chi connectivity index (χ0n) is 8.70. The maximum atomic E-state index is 12.5. The summed E-state index contributed by atoms with van der Waals surface area (Å²) >= 11 is 0. The van der Waals surface area contributed by atoms with E-state index in [-0.39, 0.29) is 0 Å². The molecule has 0 aliphatic carbocycles. The predicted octanol–water partition coefficient (Wildman–Crippen LogP) is 3.35. The first-order valence-corrected chi connectivity index (χ1v) is 4.86. The van der Waals surface area contributed by atoms with Crippen LogP contribution >= 0.6 is 0 Å². The standard InChI is InChI=1S/C12H9F3N2/c13-12(14,15)9-3-1-2-8(6-9)11-5-4-10(16)7-17-11/h1-7H,16H2. The number of rotatable bonds is 1. The summed E-state index contributed by atoms with van der Waals surface area (Å²) in [7, 11) is 0. The molecule has 2 rings (SSSR count). The van der Waals surface area contributed by atoms with E-state index < -0.39 is 11.7 Å². The number of aromatic nitrogens is 1. The highest BCUT2D eigenvalue weighted by Crippen LogP contribution is 2.31. The van der Waals surface area contributed by atoms with Crippen LogP contribution in [-0.4, -0.2) is 4.98 Å². The van der Waals surface area contributed by atoms with E-state index in [9.17, 15) is 13.2 Å². The van der Waals surface area contributed by atoms with Gasteiger partial charge in [0.15, 0.2) is 0 Å². The van der Waals surface area contributed by atoms with Gasteiger partial charge in [-0.05, 0) is 24.3 Å². The summed E-state index contributed by atoms with van der Waals surface area (Å²) < 4.78 is 37.5. The molecule has 1 aromatic carbocycles. The van der Waals surface area contributed by atoms with Crippen LogP contribution in [0.2, 0.25) is 0 Å². The monoisotopic (exact) mass is 238 g/mol. The molecule has 0 radical (unpaired) electrons. The molecular formula is C12H9F3N2. The molecule has 2 nitrogen and oxygen atoms in total. The van der Waals surface area contributed by atoms with Gasteiger partial charge in [0.1, 0.15) is 0 Å². The van der Waals surface area contributed by atoms with E-state index in [0.29, 0.717) is 16.9 Å². The van der Waals surface area contributed by atoms with E-state index in [1.165, 1.54) is 12.3 Å². The Balaban J connectivity index is 2.43. The fourth-order valence-corrected chi connectivity index (χ4v) is 1.43. The number of hydrogen-bond donors (Lipinski definition) is 1. The normalized spacial score (nSPS) is 11.5. The van der Waals surface area contributed by atoms with Crippen molar-refractivity contribution in [3.05, 3.63) is 48.2 Å². The number of nitrogens with two attached hydrogens (primary N) is 1. The van der Waals surface area contributed by atoms with Crippen LogP contribution in [0, 0.1) is 0 Å². The summed E-state index contributed by atoms with van der Waals surface area (Å²) in [6.45, 7) is 0. The molecule has 0 atom stereocenters. The second-order valence-corrected chi connectivity index (χ2v) is 3.56. The first-order valence-electron chi connectivity index (χ1n) is 4.86. The summed E-state index contributed by atoms with van der Waals surface area (Å²) in [5, 5.41) is 0. The van der Waals surface area contributed by atoms with Gasteiger partial charge in [0.05, 0.1) is 23.1 Å². The number of nitrogens with zero attached hydrogens (tertiary/aromatic N) is 1. The average Bonchev–Trinajstić information content (AvgIpc) is 2.29. The van der Waals surface area contributed by atoms with Crippen molar-refractivity contribution in [2.75, 3.05) is 5.73 Å². The Morgan fingerprint density at radius 3 is 2.41 bits per heavy atom. The molecule has 0 aliphatic heterocycles. The number of halogens is 3. The van der Waals surface area contributed by atoms with E-state index in [0.717, 1.165) is 12.1 Å². The highest BCUT2D eigenvalue weighted by atomic mass is 19.4. The van der Waals surface area contributed by atoms with Crippen LogP contribution in [0.15, 0.2) is 42.6 Å². The second-order valence-electron chi connectivity index (χ2n) is 3.56. The molecule has 88 valence electrons. The minimum atomic E-state index is -4.34. The van der Waals surface area contributed by atoms with Gasteiger partial charge in [-0.3, -0.25) is 4.98 Å². The fraction of sp³-hybridized carbons (Fsp3) is 0.0833. The lowest BCUT2D eigenvalue weighted by atomic mass is 10.1. The van der Waals surface area contributed by atoms with Crippen LogP contribution in [0.4, 0.5) is 18.9 Å². The van der Waals surface area contributed by atoms with Gasteiger partial charge in [-0.15, -0.1) is 0 Å². The Morgan fingerprint density at radius 1 is 1.06 bits per heavy atom. The third kappa shape index (κ3) is 2.55. The molecule has 0 unspecified atom stereocenters. The van der Waals surface area contributed by atoms with Crippen molar-refractivity contribution in [1.29, 1.82) is 0 Å². The lowest BCUT2D eigenvalue weighted by molar-refractivity contribution is -0.137. The number of nitrogen functional groups attached to an aromatic ring is 1. The van der Waals surface area contributed by atoms with E-state index in [2.05, 4.69) is 4.98 Å². The Bertz CT molecular complexity index is 518. The van der Waals surface area contributed by atoms with Gasteiger partial charge in [0.2, 0.25) is 0 Å². The Kier molecular flexibility index (Phi) is 2.75. The summed E-state index contributed by atoms with van der Waals surface area (Å²) in [6, 6.07) is 8.22. The van der Waals surface area contributed by atoms with Gasteiger partial charge in [0, 0.05) is 5.56 Å². The van der Waals surface area contributed by atoms with Crippen LogP contribution in [-0.2, 0) is 6.18 Å². The molecular weight excluding hydrogens is 229 g/mol. The molecule has 2 aromatic rings. The van der Waals surface area contributed by atoms with Crippen molar-refractivity contribution in [2.45, 2.75) is 6.18 Å². The minimum Gasteiger partial charge on any atom is -0.397 e. The van der Waals surface area contributed by atoms with Crippen LogP contribution in [0.3, 0.4) is 0 Å². The van der Waals surface area contributed by atoms with Gasteiger partial charge < -0.3 is 5.73 Å². The van der Waals surface area contributed by atoms with Gasteiger partial charge in [0.25, 0.3) is 0 Å². The first kappa shape index (κ1) is 11.4. The van der Waals surface area contributed by atoms with E-state index in [1.807, 2.05) is 0 Å². The Morgan fingerprint density at radius 2 is 1.82 bits per heavy atom. The van der Waals surface area contributed by atoms with Crippen molar-refractivity contribution < 1.29 is 13.2 Å². The van der Waals surface area contributed by atoms with Gasteiger partial charge in [-0.1, -0.05) is 12.1 Å². The Hall–Kier alpha value is -2.04. The maximum Gasteiger partial charge on any atom is 0.416 e. The molecule has 0 spiro atoms. The highest BCUT2D eigenvalue weighted by molar-refractivity contribution is 5.61. The zero-order chi connectivity index (χ0) is 12.5. The topological polar surface area (TPSA) is 38.9 Å². The van der Waals surface area contributed by atoms with Crippen molar-refractivity contribution in [3.63, 3.8) is 0 Å². The maximum absolute atomic E-state index is 12.5. The van der Waals surface area contributed by atoms with Crippen molar-refractivity contribution in [3.8, 4) is 11.3 Å². The molecule has 17 heavy (non-hydrogen) atoms. The van der Waals surface area contributed by atoms with Crippen LogP contribution in [0.5, 0.6) is 0 Å². The summed E-state index contributed by atoms with van der Waals surface area (Å²) in [5.74, 6) is 0. The van der Waals surface area contributed by atoms with Gasteiger partial charge in [-0.2, -0.15) is 13.2 Å². The molecule has 0 saturated carbocycles. The zero-order valence-corrected chi connectivity index (χ0v) is 8.70. The SMILES string of the molecule is Nc1ccc(-c2cccc(C(F)(F)F)c2)nc1. The summed E-state index contributed by atoms with van der Waals surface area (Å²) in [6.07, 6.45) is -2.93. The molecule has 0 aliphatic rings. The number of hydrogen-bond acceptors (Lipinski definition) is 2.